The summed E-state index contributed by atoms with van der Waals surface area (Å²) in [6, 6.07) is 0. The maximum Gasteiger partial charge on any atom is 0.217 e. The molecule has 0 rings (SSSR count). The van der Waals surface area contributed by atoms with E-state index in [1.807, 2.05) is 6.92 Å². The second-order valence-corrected chi connectivity index (χ2v) is 2.37. The van der Waals surface area contributed by atoms with Gasteiger partial charge in [-0.3, -0.25) is 4.18 Å². The molecule has 6 heteroatoms. The number of hydrogen-bond acceptors (Lipinski definition) is 4. The first-order valence-corrected chi connectivity index (χ1v) is 4.20. The molecule has 0 aromatic heterocycles. The fourth-order valence-corrected chi connectivity index (χ4v) is 0.433. The van der Waals surface area contributed by atoms with Crippen molar-refractivity contribution in [3.8, 4) is 0 Å². The molecule has 0 amide bonds. The monoisotopic (exact) mass is 171 g/mol. The third-order valence-corrected chi connectivity index (χ3v) is 0.787. The van der Waals surface area contributed by atoms with Crippen LogP contribution in [0.15, 0.2) is 0 Å². The van der Waals surface area contributed by atoms with Crippen LogP contribution >= 0.6 is 0 Å². The summed E-state index contributed by atoms with van der Waals surface area (Å²) in [7, 11) is -4.42. The van der Waals surface area contributed by atoms with Crippen LogP contribution in [0, 0.1) is 0 Å². The second kappa shape index (κ2) is 6.94. The molecule has 3 N–H and O–H groups in total. The first-order chi connectivity index (χ1) is 4.47. The summed E-state index contributed by atoms with van der Waals surface area (Å²) in [6.07, 6.45) is 0. The van der Waals surface area contributed by atoms with Gasteiger partial charge in [0.15, 0.2) is 0 Å². The summed E-state index contributed by atoms with van der Waals surface area (Å²) in [5.41, 5.74) is 3.49. The van der Waals surface area contributed by atoms with E-state index in [1.54, 1.807) is 0 Å². The zero-order valence-electron chi connectivity index (χ0n) is 6.16. The van der Waals surface area contributed by atoms with E-state index in [4.69, 9.17) is 0 Å². The Kier molecular flexibility index (Phi) is 8.68. The third kappa shape index (κ3) is 24.9. The first-order valence-electron chi connectivity index (χ1n) is 2.87. The molecule has 0 heterocycles. The van der Waals surface area contributed by atoms with Crippen LogP contribution in [-0.4, -0.2) is 26.1 Å². The lowest BCUT2D eigenvalue weighted by Gasteiger charge is -2.02. The zero-order chi connectivity index (χ0) is 8.62. The van der Waals surface area contributed by atoms with E-state index in [1.165, 1.54) is 6.92 Å². The van der Waals surface area contributed by atoms with Gasteiger partial charge in [0.1, 0.15) is 0 Å². The Morgan fingerprint density at radius 1 is 1.50 bits per heavy atom. The van der Waals surface area contributed by atoms with E-state index in [0.717, 1.165) is 6.54 Å². The molecule has 10 heavy (non-hydrogen) atoms. The van der Waals surface area contributed by atoms with Crippen molar-refractivity contribution in [2.75, 3.05) is 13.2 Å². The summed E-state index contributed by atoms with van der Waals surface area (Å²) < 4.78 is 32.0. The van der Waals surface area contributed by atoms with Gasteiger partial charge in [-0.2, -0.15) is 0 Å². The Labute approximate surface area is 61.1 Å². The molecule has 64 valence electrons. The van der Waals surface area contributed by atoms with E-state index in [9.17, 15) is 13.0 Å². The van der Waals surface area contributed by atoms with Gasteiger partial charge in [-0.25, -0.2) is 8.42 Å². The van der Waals surface area contributed by atoms with Crippen molar-refractivity contribution in [2.24, 2.45) is 0 Å². The van der Waals surface area contributed by atoms with Gasteiger partial charge in [0.25, 0.3) is 0 Å². The topological polar surface area (TPSA) is 94.1 Å². The van der Waals surface area contributed by atoms with Crippen LogP contribution in [0.2, 0.25) is 0 Å². The molecule has 0 fully saturated rings. The standard InChI is InChI=1S/C2H7N.C2H6O4S/c1-2-3;1-2-6-7(3,4)5/h2-3H2,1H3;2H2,1H3,(H,3,4,5). The Morgan fingerprint density at radius 3 is 1.80 bits per heavy atom. The van der Waals surface area contributed by atoms with Crippen molar-refractivity contribution in [1.82, 2.24) is 0 Å². The fourth-order valence-electron chi connectivity index (χ4n) is 0.144. The maximum atomic E-state index is 9.45. The van der Waals surface area contributed by atoms with Crippen molar-refractivity contribution in [2.45, 2.75) is 13.8 Å². The van der Waals surface area contributed by atoms with E-state index in [-0.39, 0.29) is 6.61 Å². The van der Waals surface area contributed by atoms with Crippen LogP contribution in [0.5, 0.6) is 0 Å². The zero-order valence-corrected chi connectivity index (χ0v) is 6.98. The summed E-state index contributed by atoms with van der Waals surface area (Å²) in [5, 5.41) is 0. The van der Waals surface area contributed by atoms with E-state index < -0.39 is 10.4 Å². The lowest BCUT2D eigenvalue weighted by atomic mass is 10.8. The minimum absolute atomic E-state index is 0.0914. The van der Waals surface area contributed by atoms with Crippen LogP contribution in [0.1, 0.15) is 13.8 Å². The highest BCUT2D eigenvalue weighted by Crippen LogP contribution is 1.80. The normalized spacial score (nSPS) is 10.0. The molecule has 0 aromatic rings. The lowest BCUT2D eigenvalue weighted by molar-refractivity contribution is -0.361. The van der Waals surface area contributed by atoms with Crippen molar-refractivity contribution in [3.63, 3.8) is 0 Å². The van der Waals surface area contributed by atoms with Crippen molar-refractivity contribution in [3.05, 3.63) is 0 Å². The summed E-state index contributed by atoms with van der Waals surface area (Å²) >= 11 is 0. The molecule has 0 aliphatic rings. The van der Waals surface area contributed by atoms with Crippen LogP contribution in [0.3, 0.4) is 0 Å². The van der Waals surface area contributed by atoms with Gasteiger partial charge in [0.2, 0.25) is 10.4 Å². The molecular formula is C4H13NO4S. The lowest BCUT2D eigenvalue weighted by Crippen LogP contribution is -2.48. The summed E-state index contributed by atoms with van der Waals surface area (Å²) in [4.78, 5) is 0. The number of hydrogen-bond donors (Lipinski definition) is 1. The highest BCUT2D eigenvalue weighted by Gasteiger charge is 1.85. The minimum atomic E-state index is -4.42. The molecule has 5 nitrogen and oxygen atoms in total. The highest BCUT2D eigenvalue weighted by atomic mass is 32.3. The molecule has 0 aliphatic carbocycles. The average molecular weight is 171 g/mol. The third-order valence-electron chi connectivity index (χ3n) is 0.262. The molecule has 0 saturated carbocycles. The molecule has 0 aliphatic heterocycles. The number of quaternary nitrogens is 1. The van der Waals surface area contributed by atoms with Gasteiger partial charge in [-0.1, -0.05) is 0 Å². The first kappa shape index (κ1) is 12.5. The Morgan fingerprint density at radius 2 is 1.80 bits per heavy atom. The molecule has 0 spiro atoms. The fraction of sp³-hybridized carbons (Fsp3) is 1.00. The molecule has 0 bridgehead atoms. The molecule has 0 radical (unpaired) electrons. The second-order valence-electron chi connectivity index (χ2n) is 1.31. The molecule has 0 unspecified atom stereocenters. The molecule has 0 atom stereocenters. The van der Waals surface area contributed by atoms with Crippen LogP contribution in [-0.2, 0) is 14.6 Å². The van der Waals surface area contributed by atoms with Crippen molar-refractivity contribution >= 4 is 10.4 Å². The van der Waals surface area contributed by atoms with Gasteiger partial charge in [0.05, 0.1) is 13.2 Å². The van der Waals surface area contributed by atoms with Gasteiger partial charge in [-0.15, -0.1) is 0 Å². The Hall–Kier alpha value is -0.170. The van der Waals surface area contributed by atoms with Crippen molar-refractivity contribution < 1.29 is 22.9 Å². The van der Waals surface area contributed by atoms with E-state index >= 15 is 0 Å². The SMILES string of the molecule is CCOS(=O)(=O)[O-].CC[NH3+]. The quantitative estimate of drug-likeness (QED) is 0.414. The highest BCUT2D eigenvalue weighted by molar-refractivity contribution is 7.80. The Balaban J connectivity index is 0. The van der Waals surface area contributed by atoms with Gasteiger partial charge in [0, 0.05) is 0 Å². The van der Waals surface area contributed by atoms with E-state index in [2.05, 4.69) is 9.92 Å². The van der Waals surface area contributed by atoms with Gasteiger partial charge < -0.3 is 10.3 Å². The molecule has 0 aromatic carbocycles. The van der Waals surface area contributed by atoms with Crippen LogP contribution < -0.4 is 5.73 Å². The van der Waals surface area contributed by atoms with Crippen LogP contribution in [0.25, 0.3) is 0 Å². The molecular weight excluding hydrogens is 158 g/mol. The predicted molar refractivity (Wildman–Crippen MR) is 34.8 cm³/mol. The predicted octanol–water partition coefficient (Wildman–Crippen LogP) is -1.27. The molecule has 0 saturated heterocycles. The largest absolute Gasteiger partial charge is 0.726 e. The summed E-state index contributed by atoms with van der Waals surface area (Å²) in [5.74, 6) is 0. The maximum absolute atomic E-state index is 9.45. The smallest absolute Gasteiger partial charge is 0.217 e. The van der Waals surface area contributed by atoms with Crippen LogP contribution in [0.4, 0.5) is 0 Å². The summed E-state index contributed by atoms with van der Waals surface area (Å²) in [6.45, 7) is 4.35. The minimum Gasteiger partial charge on any atom is -0.726 e. The van der Waals surface area contributed by atoms with Gasteiger partial charge in [-0.05, 0) is 13.8 Å². The average Bonchev–Trinajstić information content (AvgIpc) is 1.63. The van der Waals surface area contributed by atoms with Crippen molar-refractivity contribution in [1.29, 1.82) is 0 Å². The Bertz CT molecular complexity index is 141. The van der Waals surface area contributed by atoms with Gasteiger partial charge >= 0.3 is 0 Å². The number of rotatable bonds is 2. The van der Waals surface area contributed by atoms with E-state index in [0.29, 0.717) is 0 Å².